The minimum absolute atomic E-state index is 0.311. The van der Waals surface area contributed by atoms with Crippen molar-refractivity contribution in [3.63, 3.8) is 0 Å². The molecule has 0 spiro atoms. The summed E-state index contributed by atoms with van der Waals surface area (Å²) in [6.07, 6.45) is 3.53. The summed E-state index contributed by atoms with van der Waals surface area (Å²) < 4.78 is 4.62. The van der Waals surface area contributed by atoms with Crippen molar-refractivity contribution in [3.05, 3.63) is 23.8 Å². The number of ether oxygens (including phenoxy) is 1. The van der Waals surface area contributed by atoms with E-state index in [1.807, 2.05) is 0 Å². The van der Waals surface area contributed by atoms with E-state index in [1.165, 1.54) is 12.2 Å². The van der Waals surface area contributed by atoms with Crippen LogP contribution in [0.3, 0.4) is 0 Å². The SMILES string of the molecule is CCOC(=O)C=C(C)C=CC(=O)O. The zero-order valence-electron chi connectivity index (χ0n) is 7.61. The average molecular weight is 184 g/mol. The van der Waals surface area contributed by atoms with E-state index in [-0.39, 0.29) is 0 Å². The van der Waals surface area contributed by atoms with Gasteiger partial charge in [0, 0.05) is 12.2 Å². The Balaban J connectivity index is 4.16. The van der Waals surface area contributed by atoms with Gasteiger partial charge in [0.25, 0.3) is 0 Å². The molecule has 0 saturated heterocycles. The molecule has 0 aromatic heterocycles. The van der Waals surface area contributed by atoms with Gasteiger partial charge >= 0.3 is 11.9 Å². The minimum atomic E-state index is -1.04. The summed E-state index contributed by atoms with van der Waals surface area (Å²) in [6.45, 7) is 3.63. The van der Waals surface area contributed by atoms with Crippen LogP contribution in [0.1, 0.15) is 13.8 Å². The third kappa shape index (κ3) is 6.80. The van der Waals surface area contributed by atoms with Gasteiger partial charge in [0.1, 0.15) is 0 Å². The van der Waals surface area contributed by atoms with E-state index >= 15 is 0 Å². The number of esters is 1. The van der Waals surface area contributed by atoms with Gasteiger partial charge in [-0.05, 0) is 19.4 Å². The summed E-state index contributed by atoms with van der Waals surface area (Å²) in [5, 5.41) is 8.27. The fourth-order valence-electron chi connectivity index (χ4n) is 0.621. The van der Waals surface area contributed by atoms with E-state index in [0.717, 1.165) is 6.08 Å². The van der Waals surface area contributed by atoms with Crippen LogP contribution < -0.4 is 0 Å². The standard InChI is InChI=1S/C9H12O4/c1-3-13-9(12)6-7(2)4-5-8(10)11/h4-6H,3H2,1-2H3,(H,10,11). The van der Waals surface area contributed by atoms with Crippen LogP contribution in [-0.4, -0.2) is 23.7 Å². The zero-order valence-corrected chi connectivity index (χ0v) is 7.61. The molecule has 0 bridgehead atoms. The van der Waals surface area contributed by atoms with Crippen LogP contribution >= 0.6 is 0 Å². The summed E-state index contributed by atoms with van der Waals surface area (Å²) >= 11 is 0. The normalized spacial score (nSPS) is 11.7. The lowest BCUT2D eigenvalue weighted by Gasteiger charge is -1.95. The quantitative estimate of drug-likeness (QED) is 0.404. The highest BCUT2D eigenvalue weighted by Gasteiger charge is 1.95. The number of hydrogen-bond acceptors (Lipinski definition) is 3. The molecule has 0 unspecified atom stereocenters. The first-order valence-corrected chi connectivity index (χ1v) is 3.82. The lowest BCUT2D eigenvalue weighted by atomic mass is 10.2. The molecule has 0 heterocycles. The van der Waals surface area contributed by atoms with Crippen molar-refractivity contribution in [1.29, 1.82) is 0 Å². The van der Waals surface area contributed by atoms with Crippen LogP contribution in [0.4, 0.5) is 0 Å². The highest BCUT2D eigenvalue weighted by atomic mass is 16.5. The first-order valence-electron chi connectivity index (χ1n) is 3.82. The first kappa shape index (κ1) is 11.4. The van der Waals surface area contributed by atoms with Crippen molar-refractivity contribution in [2.75, 3.05) is 6.61 Å². The van der Waals surface area contributed by atoms with Gasteiger partial charge < -0.3 is 9.84 Å². The highest BCUT2D eigenvalue weighted by Crippen LogP contribution is 1.95. The van der Waals surface area contributed by atoms with E-state index in [0.29, 0.717) is 12.2 Å². The molecule has 0 saturated carbocycles. The third-order valence-corrected chi connectivity index (χ3v) is 1.12. The monoisotopic (exact) mass is 184 g/mol. The Morgan fingerprint density at radius 2 is 2.00 bits per heavy atom. The molecule has 72 valence electrons. The number of carbonyl (C=O) groups is 2. The molecule has 0 atom stereocenters. The van der Waals surface area contributed by atoms with Gasteiger partial charge in [-0.15, -0.1) is 0 Å². The van der Waals surface area contributed by atoms with Crippen molar-refractivity contribution in [2.45, 2.75) is 13.8 Å². The smallest absolute Gasteiger partial charge is 0.330 e. The average Bonchev–Trinajstić information content (AvgIpc) is 2.01. The number of rotatable bonds is 4. The molecule has 0 rings (SSSR count). The van der Waals surface area contributed by atoms with Crippen molar-refractivity contribution < 1.29 is 19.4 Å². The van der Waals surface area contributed by atoms with E-state index in [4.69, 9.17) is 5.11 Å². The van der Waals surface area contributed by atoms with E-state index in [9.17, 15) is 9.59 Å². The summed E-state index contributed by atoms with van der Waals surface area (Å²) in [7, 11) is 0. The van der Waals surface area contributed by atoms with Gasteiger partial charge in [-0.1, -0.05) is 6.08 Å². The predicted octanol–water partition coefficient (Wildman–Crippen LogP) is 1.14. The zero-order chi connectivity index (χ0) is 10.3. The van der Waals surface area contributed by atoms with E-state index < -0.39 is 11.9 Å². The van der Waals surface area contributed by atoms with Crippen molar-refractivity contribution >= 4 is 11.9 Å². The molecule has 0 aliphatic carbocycles. The number of hydrogen-bond donors (Lipinski definition) is 1. The maximum absolute atomic E-state index is 10.8. The summed E-state index contributed by atoms with van der Waals surface area (Å²) in [5.41, 5.74) is 0.542. The van der Waals surface area contributed by atoms with Crippen molar-refractivity contribution in [3.8, 4) is 0 Å². The van der Waals surface area contributed by atoms with Gasteiger partial charge in [0.05, 0.1) is 6.61 Å². The Kier molecular flexibility index (Phi) is 5.27. The molecule has 4 nitrogen and oxygen atoms in total. The number of carboxylic acids is 1. The Hall–Kier alpha value is -1.58. The fraction of sp³-hybridized carbons (Fsp3) is 0.333. The Morgan fingerprint density at radius 1 is 1.38 bits per heavy atom. The van der Waals surface area contributed by atoms with E-state index in [1.54, 1.807) is 13.8 Å². The van der Waals surface area contributed by atoms with Gasteiger partial charge in [0.2, 0.25) is 0 Å². The Labute approximate surface area is 76.5 Å². The van der Waals surface area contributed by atoms with Gasteiger partial charge in [-0.3, -0.25) is 0 Å². The third-order valence-electron chi connectivity index (χ3n) is 1.12. The van der Waals surface area contributed by atoms with Gasteiger partial charge in [-0.2, -0.15) is 0 Å². The maximum atomic E-state index is 10.8. The molecular weight excluding hydrogens is 172 g/mol. The molecular formula is C9H12O4. The largest absolute Gasteiger partial charge is 0.478 e. The van der Waals surface area contributed by atoms with Gasteiger partial charge in [0.15, 0.2) is 0 Å². The lowest BCUT2D eigenvalue weighted by molar-refractivity contribution is -0.137. The molecule has 4 heteroatoms. The number of carboxylic acid groups (broad SMARTS) is 1. The number of carbonyl (C=O) groups excluding carboxylic acids is 1. The molecule has 0 amide bonds. The van der Waals surface area contributed by atoms with Crippen LogP contribution in [-0.2, 0) is 14.3 Å². The summed E-state index contributed by atoms with van der Waals surface area (Å²) in [6, 6.07) is 0. The van der Waals surface area contributed by atoms with Crippen LogP contribution in [0.15, 0.2) is 23.8 Å². The molecule has 0 aliphatic rings. The second-order valence-corrected chi connectivity index (χ2v) is 2.31. The molecule has 0 radical (unpaired) electrons. The van der Waals surface area contributed by atoms with E-state index in [2.05, 4.69) is 4.74 Å². The van der Waals surface area contributed by atoms with Crippen molar-refractivity contribution in [1.82, 2.24) is 0 Å². The molecule has 0 aromatic rings. The molecule has 0 aliphatic heterocycles. The second kappa shape index (κ2) is 5.99. The number of aliphatic carboxylic acids is 1. The van der Waals surface area contributed by atoms with Gasteiger partial charge in [-0.25, -0.2) is 9.59 Å². The Bertz CT molecular complexity index is 250. The Morgan fingerprint density at radius 3 is 2.46 bits per heavy atom. The lowest BCUT2D eigenvalue weighted by Crippen LogP contribution is -1.99. The van der Waals surface area contributed by atoms with Crippen molar-refractivity contribution in [2.24, 2.45) is 0 Å². The highest BCUT2D eigenvalue weighted by molar-refractivity contribution is 5.84. The molecule has 13 heavy (non-hydrogen) atoms. The number of allylic oxidation sites excluding steroid dienone is 2. The predicted molar refractivity (Wildman–Crippen MR) is 47.2 cm³/mol. The molecule has 1 N–H and O–H groups in total. The summed E-state index contributed by atoms with van der Waals surface area (Å²) in [5.74, 6) is -1.51. The van der Waals surface area contributed by atoms with Crippen LogP contribution in [0, 0.1) is 0 Å². The second-order valence-electron chi connectivity index (χ2n) is 2.31. The molecule has 0 fully saturated rings. The first-order chi connectivity index (χ1) is 6.06. The fourth-order valence-corrected chi connectivity index (χ4v) is 0.621. The maximum Gasteiger partial charge on any atom is 0.330 e. The van der Waals surface area contributed by atoms with Crippen LogP contribution in [0.5, 0.6) is 0 Å². The summed E-state index contributed by atoms with van der Waals surface area (Å²) in [4.78, 5) is 20.9. The minimum Gasteiger partial charge on any atom is -0.478 e. The van der Waals surface area contributed by atoms with Crippen LogP contribution in [0.25, 0.3) is 0 Å². The van der Waals surface area contributed by atoms with Crippen LogP contribution in [0.2, 0.25) is 0 Å². The molecule has 0 aromatic carbocycles. The topological polar surface area (TPSA) is 63.6 Å².